The molecule has 4 aromatic carbocycles. The average Bonchev–Trinajstić information content (AvgIpc) is 3.17. The fraction of sp³-hybridized carbons (Fsp3) is 0.200. The van der Waals surface area contributed by atoms with Gasteiger partial charge in [-0.25, -0.2) is 0 Å². The van der Waals surface area contributed by atoms with Crippen LogP contribution in [0.1, 0.15) is 35.6 Å². The average molecular weight is 437 g/mol. The van der Waals surface area contributed by atoms with Crippen molar-refractivity contribution in [2.75, 3.05) is 19.8 Å². The molecule has 3 nitrogen and oxygen atoms in total. The smallest absolute Gasteiger partial charge is 0.119 e. The summed E-state index contributed by atoms with van der Waals surface area (Å²) in [5.41, 5.74) is 7.07. The summed E-state index contributed by atoms with van der Waals surface area (Å²) in [5, 5.41) is 9.04. The Labute approximate surface area is 195 Å². The highest BCUT2D eigenvalue weighted by Crippen LogP contribution is 2.56. The molecule has 0 saturated carbocycles. The second kappa shape index (κ2) is 9.13. The van der Waals surface area contributed by atoms with Crippen molar-refractivity contribution >= 4 is 0 Å². The molecule has 1 N–H and O–H groups in total. The third kappa shape index (κ3) is 3.59. The van der Waals surface area contributed by atoms with Gasteiger partial charge in [0.15, 0.2) is 0 Å². The first-order valence-corrected chi connectivity index (χ1v) is 11.6. The Bertz CT molecular complexity index is 1180. The van der Waals surface area contributed by atoms with Crippen LogP contribution >= 0.6 is 0 Å². The predicted molar refractivity (Wildman–Crippen MR) is 132 cm³/mol. The fourth-order valence-electron chi connectivity index (χ4n) is 5.05. The van der Waals surface area contributed by atoms with Gasteiger partial charge in [0.2, 0.25) is 0 Å². The summed E-state index contributed by atoms with van der Waals surface area (Å²) in [5.74, 6) is 1.69. The lowest BCUT2D eigenvalue weighted by Gasteiger charge is -2.34. The van der Waals surface area contributed by atoms with Crippen LogP contribution in [0.25, 0.3) is 11.1 Å². The van der Waals surface area contributed by atoms with Crippen LogP contribution in [0.4, 0.5) is 0 Å². The number of fused-ring (bicyclic) bond motifs is 3. The normalized spacial score (nSPS) is 13.3. The van der Waals surface area contributed by atoms with Gasteiger partial charge in [0, 0.05) is 13.0 Å². The minimum absolute atomic E-state index is 0.131. The minimum atomic E-state index is -0.429. The van der Waals surface area contributed by atoms with Gasteiger partial charge >= 0.3 is 0 Å². The molecule has 0 bridgehead atoms. The Morgan fingerprint density at radius 1 is 0.636 bits per heavy atom. The second-order valence-corrected chi connectivity index (χ2v) is 8.25. The van der Waals surface area contributed by atoms with Gasteiger partial charge in [0.1, 0.15) is 11.5 Å². The SMILES string of the molecule is CCOc1ccc(C2(c3ccc(OCCCO)cc3)c3ccccc3-c3ccccc32)cc1. The molecule has 0 spiro atoms. The number of benzene rings is 4. The summed E-state index contributed by atoms with van der Waals surface area (Å²) in [4.78, 5) is 0. The number of aliphatic hydroxyl groups excluding tert-OH is 1. The molecule has 0 heterocycles. The van der Waals surface area contributed by atoms with Crippen molar-refractivity contribution in [1.82, 2.24) is 0 Å². The van der Waals surface area contributed by atoms with Gasteiger partial charge in [-0.3, -0.25) is 0 Å². The van der Waals surface area contributed by atoms with Crippen molar-refractivity contribution < 1.29 is 14.6 Å². The molecule has 0 unspecified atom stereocenters. The fourth-order valence-corrected chi connectivity index (χ4v) is 5.05. The minimum Gasteiger partial charge on any atom is -0.494 e. The van der Waals surface area contributed by atoms with Crippen molar-refractivity contribution in [3.8, 4) is 22.6 Å². The number of rotatable bonds is 8. The number of ether oxygens (including phenoxy) is 2. The number of aliphatic hydroxyl groups is 1. The molecule has 0 amide bonds. The first-order valence-electron chi connectivity index (χ1n) is 11.6. The first-order chi connectivity index (χ1) is 16.3. The maximum absolute atomic E-state index is 9.04. The molecule has 1 aliphatic rings. The van der Waals surface area contributed by atoms with Crippen LogP contribution in [0, 0.1) is 0 Å². The van der Waals surface area contributed by atoms with E-state index in [-0.39, 0.29) is 6.61 Å². The van der Waals surface area contributed by atoms with Crippen LogP contribution in [0.2, 0.25) is 0 Å². The lowest BCUT2D eigenvalue weighted by molar-refractivity contribution is 0.233. The second-order valence-electron chi connectivity index (χ2n) is 8.25. The number of hydrogen-bond donors (Lipinski definition) is 1. The van der Waals surface area contributed by atoms with Crippen molar-refractivity contribution in [2.45, 2.75) is 18.8 Å². The molecule has 0 aliphatic heterocycles. The van der Waals surface area contributed by atoms with Gasteiger partial charge in [-0.15, -0.1) is 0 Å². The quantitative estimate of drug-likeness (QED) is 0.294. The largest absolute Gasteiger partial charge is 0.494 e. The van der Waals surface area contributed by atoms with E-state index in [2.05, 4.69) is 84.9 Å². The van der Waals surface area contributed by atoms with Crippen molar-refractivity contribution in [3.63, 3.8) is 0 Å². The molecule has 33 heavy (non-hydrogen) atoms. The van der Waals surface area contributed by atoms with E-state index < -0.39 is 5.41 Å². The lowest BCUT2D eigenvalue weighted by atomic mass is 9.68. The zero-order valence-corrected chi connectivity index (χ0v) is 18.8. The Kier molecular flexibility index (Phi) is 5.89. The van der Waals surface area contributed by atoms with E-state index in [4.69, 9.17) is 14.6 Å². The molecule has 166 valence electrons. The Balaban J connectivity index is 1.71. The monoisotopic (exact) mass is 436 g/mol. The Morgan fingerprint density at radius 2 is 1.12 bits per heavy atom. The molecular formula is C30H28O3. The van der Waals surface area contributed by atoms with Crippen LogP contribution in [0.5, 0.6) is 11.5 Å². The summed E-state index contributed by atoms with van der Waals surface area (Å²) < 4.78 is 11.5. The highest BCUT2D eigenvalue weighted by molar-refractivity contribution is 5.86. The zero-order valence-electron chi connectivity index (χ0n) is 18.8. The molecule has 0 aromatic heterocycles. The maximum atomic E-state index is 9.04. The Hall–Kier alpha value is -3.56. The molecular weight excluding hydrogens is 408 g/mol. The van der Waals surface area contributed by atoms with Crippen molar-refractivity contribution in [1.29, 1.82) is 0 Å². The van der Waals surface area contributed by atoms with Crippen LogP contribution in [0.3, 0.4) is 0 Å². The molecule has 1 aliphatic carbocycles. The lowest BCUT2D eigenvalue weighted by Crippen LogP contribution is -2.28. The Morgan fingerprint density at radius 3 is 1.61 bits per heavy atom. The van der Waals surface area contributed by atoms with Crippen LogP contribution in [-0.4, -0.2) is 24.9 Å². The summed E-state index contributed by atoms with van der Waals surface area (Å²) in [6, 6.07) is 34.3. The molecule has 5 rings (SSSR count). The highest BCUT2D eigenvalue weighted by Gasteiger charge is 2.45. The van der Waals surface area contributed by atoms with Crippen LogP contribution < -0.4 is 9.47 Å². The van der Waals surface area contributed by atoms with Gasteiger partial charge in [-0.2, -0.15) is 0 Å². The third-order valence-electron chi connectivity index (χ3n) is 6.41. The summed E-state index contributed by atoms with van der Waals surface area (Å²) >= 11 is 0. The summed E-state index contributed by atoms with van der Waals surface area (Å²) in [6.07, 6.45) is 0.624. The van der Waals surface area contributed by atoms with E-state index in [9.17, 15) is 0 Å². The maximum Gasteiger partial charge on any atom is 0.119 e. The van der Waals surface area contributed by atoms with Gasteiger partial charge < -0.3 is 14.6 Å². The van der Waals surface area contributed by atoms with Gasteiger partial charge in [0.25, 0.3) is 0 Å². The van der Waals surface area contributed by atoms with Gasteiger partial charge in [-0.1, -0.05) is 72.8 Å². The van der Waals surface area contributed by atoms with E-state index in [1.807, 2.05) is 19.1 Å². The third-order valence-corrected chi connectivity index (χ3v) is 6.41. The standard InChI is InChI=1S/C30H28O3/c1-2-32-24-16-12-22(13-17-24)30(23-14-18-25(19-15-23)33-21-7-20-31)28-10-5-3-8-26(28)27-9-4-6-11-29(27)30/h3-6,8-19,31H,2,7,20-21H2,1H3. The van der Waals surface area contributed by atoms with E-state index in [1.165, 1.54) is 33.4 Å². The highest BCUT2D eigenvalue weighted by atomic mass is 16.5. The summed E-state index contributed by atoms with van der Waals surface area (Å²) in [6.45, 7) is 3.29. The zero-order chi connectivity index (χ0) is 22.7. The van der Waals surface area contributed by atoms with Gasteiger partial charge in [0.05, 0.1) is 18.6 Å². The van der Waals surface area contributed by atoms with Crippen molar-refractivity contribution in [3.05, 3.63) is 119 Å². The van der Waals surface area contributed by atoms with E-state index in [1.54, 1.807) is 0 Å². The van der Waals surface area contributed by atoms with Crippen LogP contribution in [-0.2, 0) is 5.41 Å². The first kappa shape index (κ1) is 21.3. The van der Waals surface area contributed by atoms with E-state index in [0.29, 0.717) is 19.6 Å². The van der Waals surface area contributed by atoms with E-state index in [0.717, 1.165) is 11.5 Å². The molecule has 0 atom stereocenters. The van der Waals surface area contributed by atoms with E-state index >= 15 is 0 Å². The molecule has 4 aromatic rings. The van der Waals surface area contributed by atoms with Crippen LogP contribution in [0.15, 0.2) is 97.1 Å². The molecule has 0 radical (unpaired) electrons. The molecule has 3 heteroatoms. The number of hydrogen-bond acceptors (Lipinski definition) is 3. The predicted octanol–water partition coefficient (Wildman–Crippen LogP) is 6.21. The molecule has 0 saturated heterocycles. The molecule has 0 fully saturated rings. The summed E-state index contributed by atoms with van der Waals surface area (Å²) in [7, 11) is 0. The van der Waals surface area contributed by atoms with Crippen molar-refractivity contribution in [2.24, 2.45) is 0 Å². The van der Waals surface area contributed by atoms with Gasteiger partial charge in [-0.05, 0) is 64.6 Å². The topological polar surface area (TPSA) is 38.7 Å².